The number of carboxylic acid groups (broad SMARTS) is 1. The third-order valence-corrected chi connectivity index (χ3v) is 5.25. The Morgan fingerprint density at radius 2 is 2.12 bits per heavy atom. The van der Waals surface area contributed by atoms with E-state index in [0.717, 1.165) is 18.7 Å². The number of hydrogen-bond acceptors (Lipinski definition) is 6. The highest BCUT2D eigenvalue weighted by Crippen LogP contribution is 2.45. The molecule has 1 aromatic heterocycles. The second kappa shape index (κ2) is 6.74. The first-order chi connectivity index (χ1) is 12.5. The first kappa shape index (κ1) is 17.1. The van der Waals surface area contributed by atoms with Gasteiger partial charge >= 0.3 is 5.97 Å². The standard InChI is InChI=1S/C18H18ClN3O4/c19-15-3-10(1-2-11(15)8-23)9-26-16-14(17(24)25)5-20-18(21-16)22-6-12-4-13(12)7-22/h1-3,5,12-13,23H,4,6-9H2,(H,24,25). The van der Waals surface area contributed by atoms with Crippen molar-refractivity contribution in [1.29, 1.82) is 0 Å². The minimum Gasteiger partial charge on any atom is -0.477 e. The van der Waals surface area contributed by atoms with E-state index < -0.39 is 5.97 Å². The average molecular weight is 376 g/mol. The van der Waals surface area contributed by atoms with Crippen LogP contribution < -0.4 is 9.64 Å². The number of aromatic nitrogens is 2. The van der Waals surface area contributed by atoms with Crippen molar-refractivity contribution in [1.82, 2.24) is 9.97 Å². The monoisotopic (exact) mass is 375 g/mol. The molecule has 4 rings (SSSR count). The van der Waals surface area contributed by atoms with E-state index in [1.807, 2.05) is 0 Å². The van der Waals surface area contributed by atoms with E-state index in [2.05, 4.69) is 14.9 Å². The molecular weight excluding hydrogens is 358 g/mol. The number of piperidine rings is 1. The van der Waals surface area contributed by atoms with E-state index >= 15 is 0 Å². The van der Waals surface area contributed by atoms with Gasteiger partial charge in [-0.3, -0.25) is 0 Å². The van der Waals surface area contributed by atoms with E-state index in [1.165, 1.54) is 12.6 Å². The molecule has 2 N–H and O–H groups in total. The fourth-order valence-corrected chi connectivity index (χ4v) is 3.55. The first-order valence-corrected chi connectivity index (χ1v) is 8.79. The molecule has 0 bridgehead atoms. The number of halogens is 1. The summed E-state index contributed by atoms with van der Waals surface area (Å²) in [7, 11) is 0. The van der Waals surface area contributed by atoms with Crippen molar-refractivity contribution < 1.29 is 19.7 Å². The predicted octanol–water partition coefficient (Wildman–Crippen LogP) is 2.36. The Hall–Kier alpha value is -2.38. The summed E-state index contributed by atoms with van der Waals surface area (Å²) >= 11 is 6.08. The Morgan fingerprint density at radius 1 is 1.35 bits per heavy atom. The van der Waals surface area contributed by atoms with Crippen LogP contribution in [0.2, 0.25) is 5.02 Å². The topological polar surface area (TPSA) is 95.8 Å². The molecule has 26 heavy (non-hydrogen) atoms. The summed E-state index contributed by atoms with van der Waals surface area (Å²) in [4.78, 5) is 22.0. The van der Waals surface area contributed by atoms with Crippen LogP contribution in [0.3, 0.4) is 0 Å². The lowest BCUT2D eigenvalue weighted by Crippen LogP contribution is -2.24. The van der Waals surface area contributed by atoms with E-state index in [9.17, 15) is 9.90 Å². The molecule has 0 spiro atoms. The maximum atomic E-state index is 11.4. The number of benzene rings is 1. The number of carbonyl (C=O) groups is 1. The third-order valence-electron chi connectivity index (χ3n) is 4.90. The normalized spacial score (nSPS) is 20.8. The summed E-state index contributed by atoms with van der Waals surface area (Å²) in [6.45, 7) is 1.80. The average Bonchev–Trinajstić information content (AvgIpc) is 3.25. The van der Waals surface area contributed by atoms with Crippen LogP contribution >= 0.6 is 11.6 Å². The molecule has 0 radical (unpaired) electrons. The highest BCUT2D eigenvalue weighted by atomic mass is 35.5. The number of aromatic carboxylic acids is 1. The van der Waals surface area contributed by atoms with Crippen molar-refractivity contribution in [2.24, 2.45) is 11.8 Å². The number of carboxylic acids is 1. The van der Waals surface area contributed by atoms with Crippen molar-refractivity contribution in [3.63, 3.8) is 0 Å². The number of ether oxygens (including phenoxy) is 1. The number of fused-ring (bicyclic) bond motifs is 1. The van der Waals surface area contributed by atoms with Gasteiger partial charge in [-0.15, -0.1) is 0 Å². The van der Waals surface area contributed by atoms with Gasteiger partial charge in [0.2, 0.25) is 11.8 Å². The molecule has 2 aromatic rings. The fraction of sp³-hybridized carbons (Fsp3) is 0.389. The van der Waals surface area contributed by atoms with Gasteiger partial charge in [-0.2, -0.15) is 4.98 Å². The van der Waals surface area contributed by atoms with Crippen molar-refractivity contribution in [2.75, 3.05) is 18.0 Å². The summed E-state index contributed by atoms with van der Waals surface area (Å²) in [6.07, 6.45) is 2.56. The molecule has 2 unspecified atom stereocenters. The summed E-state index contributed by atoms with van der Waals surface area (Å²) in [5.74, 6) is 0.851. The van der Waals surface area contributed by atoms with Gasteiger partial charge in [0.05, 0.1) is 12.8 Å². The molecule has 1 saturated heterocycles. The quantitative estimate of drug-likeness (QED) is 0.800. The lowest BCUT2D eigenvalue weighted by atomic mass is 10.1. The molecule has 2 aliphatic rings. The Bertz CT molecular complexity index is 850. The van der Waals surface area contributed by atoms with Gasteiger partial charge in [0.15, 0.2) is 0 Å². The molecule has 2 heterocycles. The van der Waals surface area contributed by atoms with Crippen LogP contribution in [0.4, 0.5) is 5.95 Å². The van der Waals surface area contributed by atoms with Crippen LogP contribution in [0.1, 0.15) is 27.9 Å². The van der Waals surface area contributed by atoms with E-state index in [1.54, 1.807) is 18.2 Å². The van der Waals surface area contributed by atoms with Crippen LogP contribution in [-0.4, -0.2) is 39.2 Å². The zero-order valence-electron chi connectivity index (χ0n) is 13.9. The Labute approximate surface area is 155 Å². The van der Waals surface area contributed by atoms with Crippen molar-refractivity contribution in [2.45, 2.75) is 19.6 Å². The molecule has 2 atom stereocenters. The lowest BCUT2D eigenvalue weighted by molar-refractivity contribution is 0.0690. The molecule has 1 aliphatic carbocycles. The number of anilines is 1. The maximum Gasteiger partial charge on any atom is 0.342 e. The SMILES string of the molecule is O=C(O)c1cnc(N2CC3CC3C2)nc1OCc1ccc(CO)c(Cl)c1. The van der Waals surface area contributed by atoms with Gasteiger partial charge in [-0.1, -0.05) is 23.7 Å². The lowest BCUT2D eigenvalue weighted by Gasteiger charge is -2.19. The van der Waals surface area contributed by atoms with Gasteiger partial charge in [-0.25, -0.2) is 9.78 Å². The van der Waals surface area contributed by atoms with Crippen LogP contribution in [0.25, 0.3) is 0 Å². The zero-order valence-corrected chi connectivity index (χ0v) is 14.7. The molecule has 1 saturated carbocycles. The van der Waals surface area contributed by atoms with Gasteiger partial charge < -0.3 is 19.8 Å². The smallest absolute Gasteiger partial charge is 0.342 e. The van der Waals surface area contributed by atoms with Gasteiger partial charge in [0, 0.05) is 18.1 Å². The Morgan fingerprint density at radius 3 is 2.77 bits per heavy atom. The molecular formula is C18H18ClN3O4. The van der Waals surface area contributed by atoms with Crippen LogP contribution in [0.15, 0.2) is 24.4 Å². The van der Waals surface area contributed by atoms with Gasteiger partial charge in [0.1, 0.15) is 12.2 Å². The molecule has 0 amide bonds. The number of nitrogens with zero attached hydrogens (tertiary/aromatic N) is 3. The molecule has 8 heteroatoms. The molecule has 1 aliphatic heterocycles. The number of hydrogen-bond donors (Lipinski definition) is 2. The highest BCUT2D eigenvalue weighted by molar-refractivity contribution is 6.31. The highest BCUT2D eigenvalue weighted by Gasteiger charge is 2.46. The summed E-state index contributed by atoms with van der Waals surface area (Å²) in [5.41, 5.74) is 1.31. The molecule has 136 valence electrons. The minimum absolute atomic E-state index is 0.0467. The first-order valence-electron chi connectivity index (χ1n) is 8.41. The number of rotatable bonds is 6. The maximum absolute atomic E-state index is 11.4. The predicted molar refractivity (Wildman–Crippen MR) is 94.5 cm³/mol. The summed E-state index contributed by atoms with van der Waals surface area (Å²) in [5, 5.41) is 19.0. The second-order valence-electron chi connectivity index (χ2n) is 6.73. The van der Waals surface area contributed by atoms with E-state index in [0.29, 0.717) is 28.4 Å². The van der Waals surface area contributed by atoms with Gasteiger partial charge in [0.25, 0.3) is 0 Å². The molecule has 1 aromatic carbocycles. The second-order valence-corrected chi connectivity index (χ2v) is 7.13. The van der Waals surface area contributed by atoms with Crippen molar-refractivity contribution in [3.05, 3.63) is 46.1 Å². The number of aliphatic hydroxyl groups excluding tert-OH is 1. The van der Waals surface area contributed by atoms with Crippen LogP contribution in [0, 0.1) is 11.8 Å². The largest absolute Gasteiger partial charge is 0.477 e. The minimum atomic E-state index is -1.13. The Kier molecular flexibility index (Phi) is 4.42. The van der Waals surface area contributed by atoms with Crippen LogP contribution in [0.5, 0.6) is 5.88 Å². The zero-order chi connectivity index (χ0) is 18.3. The van der Waals surface area contributed by atoms with E-state index in [-0.39, 0.29) is 24.7 Å². The Balaban J connectivity index is 1.53. The molecule has 2 fully saturated rings. The van der Waals surface area contributed by atoms with Crippen molar-refractivity contribution in [3.8, 4) is 5.88 Å². The van der Waals surface area contributed by atoms with Crippen LogP contribution in [-0.2, 0) is 13.2 Å². The van der Waals surface area contributed by atoms with Crippen molar-refractivity contribution >= 4 is 23.5 Å². The number of aliphatic hydroxyl groups is 1. The third kappa shape index (κ3) is 3.32. The van der Waals surface area contributed by atoms with Gasteiger partial charge in [-0.05, 0) is 35.4 Å². The summed E-state index contributed by atoms with van der Waals surface area (Å²) < 4.78 is 5.67. The summed E-state index contributed by atoms with van der Waals surface area (Å²) in [6, 6.07) is 5.17. The van der Waals surface area contributed by atoms with E-state index in [4.69, 9.17) is 21.4 Å². The molecule has 7 nitrogen and oxygen atoms in total. The fourth-order valence-electron chi connectivity index (χ4n) is 3.29.